The predicted octanol–water partition coefficient (Wildman–Crippen LogP) is 4.36. The molecule has 0 aliphatic carbocycles. The first-order chi connectivity index (χ1) is 11.0. The van der Waals surface area contributed by atoms with E-state index < -0.39 is 6.04 Å². The Kier molecular flexibility index (Phi) is 9.67. The number of rotatable bonds is 3. The first kappa shape index (κ1) is 20.9. The number of carbonyl (C=O) groups is 1. The largest absolute Gasteiger partial charge is 0.513 e. The molecule has 1 aromatic carbocycles. The Hall–Kier alpha value is -2.07. The number of nitrogens with two attached hydrogens (primary N) is 1. The van der Waals surface area contributed by atoms with E-state index in [1.807, 2.05) is 45.9 Å². The molecule has 1 aliphatic heterocycles. The lowest BCUT2D eigenvalue weighted by molar-refractivity contribution is -0.118. The fraction of sp³-hybridized carbons (Fsp3) is 0.421. The molecule has 1 fully saturated rings. The van der Waals surface area contributed by atoms with Crippen LogP contribution in [0.2, 0.25) is 0 Å². The molecule has 1 atom stereocenters. The maximum Gasteiger partial charge on any atom is 0.243 e. The molecule has 1 aromatic rings. The number of aliphatic hydroxyl groups excluding tert-OH is 1. The Morgan fingerprint density at radius 1 is 1.35 bits per heavy atom. The maximum absolute atomic E-state index is 12.0. The smallest absolute Gasteiger partial charge is 0.243 e. The van der Waals surface area contributed by atoms with Crippen molar-refractivity contribution in [2.45, 2.75) is 47.1 Å². The predicted molar refractivity (Wildman–Crippen MR) is 100 cm³/mol. The summed E-state index contributed by atoms with van der Waals surface area (Å²) in [6.45, 7) is 14.0. The number of aliphatic hydroxyl groups is 1. The lowest BCUT2D eigenvalue weighted by Crippen LogP contribution is -2.34. The van der Waals surface area contributed by atoms with E-state index >= 15 is 0 Å². The average molecular weight is 318 g/mol. The molecule has 1 amide bonds. The second kappa shape index (κ2) is 10.6. The zero-order valence-corrected chi connectivity index (χ0v) is 15.0. The molecule has 4 nitrogen and oxygen atoms in total. The summed E-state index contributed by atoms with van der Waals surface area (Å²) >= 11 is 0. The van der Waals surface area contributed by atoms with Gasteiger partial charge in [0.05, 0.1) is 17.5 Å². The van der Waals surface area contributed by atoms with E-state index in [0.717, 1.165) is 16.8 Å². The van der Waals surface area contributed by atoms with Gasteiger partial charge in [-0.25, -0.2) is 0 Å². The van der Waals surface area contributed by atoms with Gasteiger partial charge < -0.3 is 15.7 Å². The third kappa shape index (κ3) is 5.25. The van der Waals surface area contributed by atoms with Gasteiger partial charge in [0, 0.05) is 12.1 Å². The molecule has 0 saturated carbocycles. The second-order valence-electron chi connectivity index (χ2n) is 4.65. The van der Waals surface area contributed by atoms with Gasteiger partial charge in [-0.2, -0.15) is 0 Å². The van der Waals surface area contributed by atoms with Crippen LogP contribution in [0.3, 0.4) is 0 Å². The van der Waals surface area contributed by atoms with Crippen LogP contribution < -0.4 is 10.6 Å². The van der Waals surface area contributed by atoms with Crippen LogP contribution in [0.4, 0.5) is 5.69 Å². The first-order valence-corrected chi connectivity index (χ1v) is 8.24. The highest BCUT2D eigenvalue weighted by atomic mass is 16.3. The molecular weight excluding hydrogens is 288 g/mol. The highest BCUT2D eigenvalue weighted by Gasteiger charge is 2.30. The van der Waals surface area contributed by atoms with Crippen LogP contribution in [-0.4, -0.2) is 23.6 Å². The molecule has 1 unspecified atom stereocenters. The number of benzene rings is 1. The van der Waals surface area contributed by atoms with Crippen molar-refractivity contribution in [2.75, 3.05) is 11.4 Å². The standard InChI is InChI=1S/C15H18N2O2.2C2H6/c1-3-11-5-4-6-14(12(11)9-10(2)18)17-8-7-13(16)15(17)19;2*1-2/h3-6,9,13,18H,1,7-8,16H2,2H3;2*1-2H3/b10-9+;;. The number of carbonyl (C=O) groups excluding carboxylic acids is 1. The van der Waals surface area contributed by atoms with Gasteiger partial charge in [0.1, 0.15) is 0 Å². The molecule has 4 heteroatoms. The van der Waals surface area contributed by atoms with Crippen molar-refractivity contribution < 1.29 is 9.90 Å². The summed E-state index contributed by atoms with van der Waals surface area (Å²) in [6.07, 6.45) is 4.00. The van der Waals surface area contributed by atoms with Crippen LogP contribution in [0.25, 0.3) is 12.2 Å². The maximum atomic E-state index is 12.0. The first-order valence-electron chi connectivity index (χ1n) is 8.24. The lowest BCUT2D eigenvalue weighted by Gasteiger charge is -2.20. The molecule has 1 aliphatic rings. The fourth-order valence-corrected chi connectivity index (χ4v) is 2.29. The van der Waals surface area contributed by atoms with E-state index in [4.69, 9.17) is 5.73 Å². The summed E-state index contributed by atoms with van der Waals surface area (Å²) in [5.74, 6) is 0.109. The minimum Gasteiger partial charge on any atom is -0.513 e. The zero-order valence-electron chi connectivity index (χ0n) is 15.0. The quantitative estimate of drug-likeness (QED) is 0.813. The number of anilines is 1. The highest BCUT2D eigenvalue weighted by Crippen LogP contribution is 2.30. The summed E-state index contributed by atoms with van der Waals surface area (Å²) in [6, 6.07) is 5.19. The van der Waals surface area contributed by atoms with Gasteiger partial charge in [0.15, 0.2) is 0 Å². The molecule has 23 heavy (non-hydrogen) atoms. The third-order valence-corrected chi connectivity index (χ3v) is 3.23. The van der Waals surface area contributed by atoms with Crippen molar-refractivity contribution in [3.05, 3.63) is 41.7 Å². The summed E-state index contributed by atoms with van der Waals surface area (Å²) < 4.78 is 0. The molecular formula is C19H30N2O2. The van der Waals surface area contributed by atoms with E-state index in [2.05, 4.69) is 6.58 Å². The van der Waals surface area contributed by atoms with Gasteiger partial charge in [-0.1, -0.05) is 52.5 Å². The van der Waals surface area contributed by atoms with Crippen LogP contribution in [-0.2, 0) is 4.79 Å². The topological polar surface area (TPSA) is 66.6 Å². The zero-order chi connectivity index (χ0) is 18.0. The summed E-state index contributed by atoms with van der Waals surface area (Å²) in [5, 5.41) is 9.51. The van der Waals surface area contributed by atoms with E-state index in [-0.39, 0.29) is 11.7 Å². The number of hydrogen-bond acceptors (Lipinski definition) is 3. The van der Waals surface area contributed by atoms with Crippen LogP contribution in [0.5, 0.6) is 0 Å². The molecule has 2 rings (SSSR count). The molecule has 1 saturated heterocycles. The van der Waals surface area contributed by atoms with Crippen molar-refractivity contribution in [3.63, 3.8) is 0 Å². The minimum absolute atomic E-state index is 0.0774. The number of nitrogens with zero attached hydrogens (tertiary/aromatic N) is 1. The third-order valence-electron chi connectivity index (χ3n) is 3.23. The Balaban J connectivity index is 0.00000112. The van der Waals surface area contributed by atoms with Gasteiger partial charge in [-0.15, -0.1) is 0 Å². The van der Waals surface area contributed by atoms with E-state index in [1.165, 1.54) is 0 Å². The van der Waals surface area contributed by atoms with E-state index in [0.29, 0.717) is 13.0 Å². The number of amides is 1. The highest BCUT2D eigenvalue weighted by molar-refractivity contribution is 6.01. The van der Waals surface area contributed by atoms with Gasteiger partial charge >= 0.3 is 0 Å². The van der Waals surface area contributed by atoms with Crippen molar-refractivity contribution in [2.24, 2.45) is 5.73 Å². The van der Waals surface area contributed by atoms with Crippen molar-refractivity contribution >= 4 is 23.7 Å². The van der Waals surface area contributed by atoms with Crippen molar-refractivity contribution in [3.8, 4) is 0 Å². The van der Waals surface area contributed by atoms with Crippen LogP contribution in [0.15, 0.2) is 30.5 Å². The minimum atomic E-state index is -0.431. The summed E-state index contributed by atoms with van der Waals surface area (Å²) in [7, 11) is 0. The van der Waals surface area contributed by atoms with Gasteiger partial charge in [0.25, 0.3) is 0 Å². The van der Waals surface area contributed by atoms with Gasteiger partial charge in [-0.3, -0.25) is 4.79 Å². The number of hydrogen-bond donors (Lipinski definition) is 2. The van der Waals surface area contributed by atoms with Crippen LogP contribution in [0, 0.1) is 0 Å². The monoisotopic (exact) mass is 318 g/mol. The number of allylic oxidation sites excluding steroid dienone is 1. The molecule has 0 aromatic heterocycles. The molecule has 1 heterocycles. The second-order valence-corrected chi connectivity index (χ2v) is 4.65. The Bertz CT molecular complexity index is 546. The SMILES string of the molecule is C=Cc1cccc(N2CCC(N)C2=O)c1/C=C(\C)O.CC.CC. The van der Waals surface area contributed by atoms with E-state index in [1.54, 1.807) is 24.0 Å². The van der Waals surface area contributed by atoms with Crippen LogP contribution in [0.1, 0.15) is 52.2 Å². The van der Waals surface area contributed by atoms with Crippen LogP contribution >= 0.6 is 0 Å². The Morgan fingerprint density at radius 2 is 1.96 bits per heavy atom. The Labute approximate surface area is 140 Å². The van der Waals surface area contributed by atoms with Crippen molar-refractivity contribution in [1.82, 2.24) is 0 Å². The molecule has 0 spiro atoms. The van der Waals surface area contributed by atoms with Crippen molar-refractivity contribution in [1.29, 1.82) is 0 Å². The van der Waals surface area contributed by atoms with E-state index in [9.17, 15) is 9.90 Å². The average Bonchev–Trinajstić information content (AvgIpc) is 2.90. The lowest BCUT2D eigenvalue weighted by atomic mass is 10.0. The normalized spacial score (nSPS) is 17.0. The molecule has 3 N–H and O–H groups in total. The Morgan fingerprint density at radius 3 is 2.39 bits per heavy atom. The summed E-state index contributed by atoms with van der Waals surface area (Å²) in [4.78, 5) is 13.7. The van der Waals surface area contributed by atoms with Gasteiger partial charge in [0.2, 0.25) is 5.91 Å². The van der Waals surface area contributed by atoms with Gasteiger partial charge in [-0.05, 0) is 31.1 Å². The fourth-order valence-electron chi connectivity index (χ4n) is 2.29. The molecule has 128 valence electrons. The summed E-state index contributed by atoms with van der Waals surface area (Å²) in [5.41, 5.74) is 8.18. The molecule has 0 bridgehead atoms. The molecule has 0 radical (unpaired) electrons.